The van der Waals surface area contributed by atoms with E-state index in [1.54, 1.807) is 18.2 Å². The molecule has 0 spiro atoms. The topological polar surface area (TPSA) is 227 Å². The summed E-state index contributed by atoms with van der Waals surface area (Å²) >= 11 is 0. The van der Waals surface area contributed by atoms with Crippen molar-refractivity contribution in [1.29, 1.82) is 0 Å². The molecule has 0 unspecified atom stereocenters. The summed E-state index contributed by atoms with van der Waals surface area (Å²) in [5.74, 6) is 0.338. The zero-order valence-corrected chi connectivity index (χ0v) is 23.8. The Bertz CT molecular complexity index is 1520. The second-order valence-electron chi connectivity index (χ2n) is 10.5. The maximum atomic E-state index is 13.0. The van der Waals surface area contributed by atoms with Crippen LogP contribution < -0.4 is 19.6 Å². The molecule has 10 atom stereocenters. The minimum absolute atomic E-state index is 0.0816. The lowest BCUT2D eigenvalue weighted by molar-refractivity contribution is -0.354. The molecule has 7 N–H and O–H groups in total. The van der Waals surface area contributed by atoms with Gasteiger partial charge >= 0.3 is 0 Å². The first-order valence-electron chi connectivity index (χ1n) is 13.6. The van der Waals surface area contributed by atoms with Crippen molar-refractivity contribution in [2.45, 2.75) is 68.3 Å². The normalized spacial score (nSPS) is 32.4. The number of aromatic hydroxyl groups is 1. The van der Waals surface area contributed by atoms with Crippen LogP contribution in [-0.4, -0.2) is 118 Å². The second-order valence-corrected chi connectivity index (χ2v) is 10.5. The van der Waals surface area contributed by atoms with Gasteiger partial charge in [-0.15, -0.1) is 0 Å². The third-order valence-corrected chi connectivity index (χ3v) is 7.63. The van der Waals surface area contributed by atoms with E-state index in [1.807, 2.05) is 0 Å². The van der Waals surface area contributed by atoms with Crippen molar-refractivity contribution >= 4 is 11.0 Å². The van der Waals surface area contributed by atoms with Gasteiger partial charge in [0, 0.05) is 23.8 Å². The molecule has 0 bridgehead atoms. The molecule has 0 saturated carbocycles. The number of rotatable bonds is 8. The van der Waals surface area contributed by atoms with Gasteiger partial charge in [0.1, 0.15) is 64.9 Å². The summed E-state index contributed by atoms with van der Waals surface area (Å²) in [5, 5.41) is 72.3. The maximum absolute atomic E-state index is 13.0. The van der Waals surface area contributed by atoms with Crippen LogP contribution in [0, 0.1) is 0 Å². The van der Waals surface area contributed by atoms with E-state index < -0.39 is 79.2 Å². The van der Waals surface area contributed by atoms with Gasteiger partial charge in [-0.2, -0.15) is 0 Å². The highest BCUT2D eigenvalue weighted by molar-refractivity contribution is 5.86. The van der Waals surface area contributed by atoms with E-state index >= 15 is 0 Å². The lowest BCUT2D eigenvalue weighted by atomic mass is 9.97. The van der Waals surface area contributed by atoms with Crippen molar-refractivity contribution in [3.8, 4) is 34.3 Å². The molecule has 0 amide bonds. The molecule has 2 aliphatic heterocycles. The molecule has 15 heteroatoms. The summed E-state index contributed by atoms with van der Waals surface area (Å²) in [5.41, 5.74) is -0.179. The van der Waals surface area contributed by atoms with Crippen LogP contribution in [0.4, 0.5) is 0 Å². The van der Waals surface area contributed by atoms with E-state index in [4.69, 9.17) is 32.8 Å². The van der Waals surface area contributed by atoms with Crippen molar-refractivity contribution in [2.24, 2.45) is 0 Å². The third kappa shape index (κ3) is 5.93. The molecular weight excluding hydrogens is 588 g/mol. The molecule has 15 nitrogen and oxygen atoms in total. The van der Waals surface area contributed by atoms with Crippen LogP contribution in [0.3, 0.4) is 0 Å². The average Bonchev–Trinajstić information content (AvgIpc) is 3.01. The Hall–Kier alpha value is -3.51. The van der Waals surface area contributed by atoms with E-state index in [2.05, 4.69) is 0 Å². The molecule has 0 radical (unpaired) electrons. The van der Waals surface area contributed by atoms with E-state index in [0.29, 0.717) is 17.1 Å². The molecule has 1 aromatic heterocycles. The Kier molecular flexibility index (Phi) is 9.31. The fourth-order valence-electron chi connectivity index (χ4n) is 5.15. The number of phenolic OH excluding ortho intramolecular Hbond substituents is 1. The number of fused-ring (bicyclic) bond motifs is 1. The molecule has 2 fully saturated rings. The Morgan fingerprint density at radius 2 is 1.55 bits per heavy atom. The number of ether oxygens (including phenoxy) is 6. The number of benzene rings is 2. The van der Waals surface area contributed by atoms with Crippen molar-refractivity contribution < 1.29 is 68.6 Å². The van der Waals surface area contributed by atoms with Crippen LogP contribution in [0.1, 0.15) is 6.92 Å². The van der Waals surface area contributed by atoms with Crippen molar-refractivity contribution in [1.82, 2.24) is 0 Å². The van der Waals surface area contributed by atoms with Gasteiger partial charge in [-0.3, -0.25) is 4.79 Å². The molecule has 3 heterocycles. The lowest BCUT2D eigenvalue weighted by Gasteiger charge is -2.45. The van der Waals surface area contributed by atoms with Gasteiger partial charge in [0.15, 0.2) is 29.3 Å². The highest BCUT2D eigenvalue weighted by Crippen LogP contribution is 2.36. The van der Waals surface area contributed by atoms with Crippen molar-refractivity contribution in [3.05, 3.63) is 46.6 Å². The number of methoxy groups -OCH3 is 2. The van der Waals surface area contributed by atoms with E-state index in [9.17, 15) is 40.5 Å². The van der Waals surface area contributed by atoms with Crippen LogP contribution >= 0.6 is 0 Å². The van der Waals surface area contributed by atoms with Gasteiger partial charge < -0.3 is 68.6 Å². The maximum Gasteiger partial charge on any atom is 0.229 e. The highest BCUT2D eigenvalue weighted by Gasteiger charge is 2.50. The lowest BCUT2D eigenvalue weighted by Crippen LogP contribution is -2.64. The smallest absolute Gasteiger partial charge is 0.229 e. The molecular formula is C29H34O15. The largest absolute Gasteiger partial charge is 0.507 e. The molecule has 240 valence electrons. The monoisotopic (exact) mass is 622 g/mol. The first-order chi connectivity index (χ1) is 21.0. The van der Waals surface area contributed by atoms with Gasteiger partial charge in [0.25, 0.3) is 0 Å². The molecule has 0 aliphatic carbocycles. The molecule has 2 aliphatic rings. The molecule has 44 heavy (non-hydrogen) atoms. The summed E-state index contributed by atoms with van der Waals surface area (Å²) in [6, 6.07) is 8.44. The summed E-state index contributed by atoms with van der Waals surface area (Å²) in [6.45, 7) is 0.707. The summed E-state index contributed by atoms with van der Waals surface area (Å²) in [4.78, 5) is 13.0. The van der Waals surface area contributed by atoms with Crippen molar-refractivity contribution in [3.63, 3.8) is 0 Å². The molecule has 3 aromatic rings. The predicted molar refractivity (Wildman–Crippen MR) is 148 cm³/mol. The average molecular weight is 623 g/mol. The number of phenols is 1. The quantitative estimate of drug-likeness (QED) is 0.163. The number of aliphatic hydroxyl groups is 6. The van der Waals surface area contributed by atoms with Gasteiger partial charge in [0.05, 0.1) is 26.9 Å². The SMILES string of the molecule is COc1ccc(-c2cc(=O)c3c(O)cc(O[C@@H]4O[C@H](CO)[C@@H](O)[C@H](O)[C@H]4O[C@@H]4O[C@@H](C)[C@H](O)[C@@H](O)[C@H]4O)cc3o2)cc1OC. The summed E-state index contributed by atoms with van der Waals surface area (Å²) < 4.78 is 39.2. The van der Waals surface area contributed by atoms with E-state index in [1.165, 1.54) is 33.3 Å². The van der Waals surface area contributed by atoms with Crippen LogP contribution in [-0.2, 0) is 14.2 Å². The van der Waals surface area contributed by atoms with E-state index in [-0.39, 0.29) is 22.5 Å². The van der Waals surface area contributed by atoms with Crippen LogP contribution in [0.5, 0.6) is 23.0 Å². The van der Waals surface area contributed by atoms with Gasteiger partial charge in [0.2, 0.25) is 6.29 Å². The Balaban J connectivity index is 1.49. The standard InChI is InChI=1S/C29H34O15/c1-11-22(33)24(35)26(37)28(40-11)44-27-25(36)23(34)20(10-30)43-29(27)41-13-7-14(31)21-15(32)9-17(42-19(21)8-13)12-4-5-16(38-2)18(6-12)39-3/h4-9,11,20,22-31,33-37H,10H2,1-3H3/t11-,20+,22-,23+,24+,25-,26+,27+,28-,29+/m0/s1. The summed E-state index contributed by atoms with van der Waals surface area (Å²) in [7, 11) is 2.93. The zero-order chi connectivity index (χ0) is 31.9. The van der Waals surface area contributed by atoms with Crippen molar-refractivity contribution in [2.75, 3.05) is 20.8 Å². The van der Waals surface area contributed by atoms with Gasteiger partial charge in [-0.1, -0.05) is 0 Å². The first-order valence-corrected chi connectivity index (χ1v) is 13.6. The minimum Gasteiger partial charge on any atom is -0.507 e. The number of hydrogen-bond acceptors (Lipinski definition) is 15. The second kappa shape index (κ2) is 12.8. The molecule has 2 saturated heterocycles. The van der Waals surface area contributed by atoms with Gasteiger partial charge in [-0.05, 0) is 25.1 Å². The van der Waals surface area contributed by atoms with Crippen LogP contribution in [0.25, 0.3) is 22.3 Å². The zero-order valence-electron chi connectivity index (χ0n) is 23.8. The number of aliphatic hydroxyl groups excluding tert-OH is 6. The van der Waals surface area contributed by atoms with E-state index in [0.717, 1.165) is 6.07 Å². The third-order valence-electron chi connectivity index (χ3n) is 7.63. The first kappa shape index (κ1) is 31.9. The Morgan fingerprint density at radius 1 is 0.818 bits per heavy atom. The number of hydrogen-bond donors (Lipinski definition) is 7. The van der Waals surface area contributed by atoms with Crippen LogP contribution in [0.15, 0.2) is 45.6 Å². The molecule has 5 rings (SSSR count). The minimum atomic E-state index is -1.76. The van der Waals surface area contributed by atoms with Crippen LogP contribution in [0.2, 0.25) is 0 Å². The summed E-state index contributed by atoms with van der Waals surface area (Å²) in [6.07, 6.45) is -15.3. The fraction of sp³-hybridized carbons (Fsp3) is 0.483. The Labute approximate surface area is 249 Å². The highest BCUT2D eigenvalue weighted by atomic mass is 16.8. The predicted octanol–water partition coefficient (Wildman–Crippen LogP) is -0.787. The Morgan fingerprint density at radius 3 is 2.23 bits per heavy atom. The molecule has 2 aromatic carbocycles. The van der Waals surface area contributed by atoms with Gasteiger partial charge in [-0.25, -0.2) is 0 Å². The fourth-order valence-corrected chi connectivity index (χ4v) is 5.15.